The number of amides is 1. The van der Waals surface area contributed by atoms with Crippen molar-refractivity contribution in [1.82, 2.24) is 10.3 Å². The first-order valence-corrected chi connectivity index (χ1v) is 11.4. The molecule has 1 aliphatic carbocycles. The van der Waals surface area contributed by atoms with Crippen LogP contribution < -0.4 is 14.8 Å². The van der Waals surface area contributed by atoms with E-state index in [0.717, 1.165) is 5.57 Å². The lowest BCUT2D eigenvalue weighted by atomic mass is 10.00. The molecule has 0 fully saturated rings. The molecule has 0 aliphatic heterocycles. The molecule has 166 valence electrons. The molecule has 2 N–H and O–H groups in total. The lowest BCUT2D eigenvalue weighted by Crippen LogP contribution is -2.42. The van der Waals surface area contributed by atoms with E-state index in [2.05, 4.69) is 10.3 Å². The van der Waals surface area contributed by atoms with Crippen LogP contribution in [0.3, 0.4) is 0 Å². The minimum absolute atomic E-state index is 0.280. The van der Waals surface area contributed by atoms with Crippen molar-refractivity contribution in [1.29, 1.82) is 0 Å². The van der Waals surface area contributed by atoms with E-state index in [1.807, 2.05) is 24.5 Å². The summed E-state index contributed by atoms with van der Waals surface area (Å²) >= 11 is 1.53. The Morgan fingerprint density at radius 2 is 2.00 bits per heavy atom. The maximum Gasteiger partial charge on any atom is 0.326 e. The number of carboxylic acid groups (broad SMARTS) is 1. The van der Waals surface area contributed by atoms with Gasteiger partial charge in [-0.2, -0.15) is 11.8 Å². The normalized spacial score (nSPS) is 15.3. The Morgan fingerprint density at radius 3 is 2.69 bits per heavy atom. The van der Waals surface area contributed by atoms with Gasteiger partial charge < -0.3 is 19.9 Å². The van der Waals surface area contributed by atoms with E-state index >= 15 is 0 Å². The molecule has 1 heterocycles. The predicted octanol–water partition coefficient (Wildman–Crippen LogP) is 3.96. The molecule has 0 bridgehead atoms. The highest BCUT2D eigenvalue weighted by molar-refractivity contribution is 7.98. The van der Waals surface area contributed by atoms with Gasteiger partial charge in [0, 0.05) is 6.20 Å². The number of benzene rings is 1. The van der Waals surface area contributed by atoms with Crippen molar-refractivity contribution in [2.45, 2.75) is 18.9 Å². The fraction of sp³-hybridized carbons (Fsp3) is 0.208. The first kappa shape index (κ1) is 23.1. The Kier molecular flexibility index (Phi) is 8.51. The van der Waals surface area contributed by atoms with Crippen molar-refractivity contribution in [2.24, 2.45) is 0 Å². The number of rotatable bonds is 10. The molecule has 2 aromatic rings. The number of aromatic nitrogens is 1. The maximum atomic E-state index is 12.9. The molecule has 3 rings (SSSR count). The molecule has 1 aromatic carbocycles. The second-order valence-corrected chi connectivity index (χ2v) is 7.88. The third-order valence-corrected chi connectivity index (χ3v) is 5.18. The fourth-order valence-electron chi connectivity index (χ4n) is 2.90. The van der Waals surface area contributed by atoms with Crippen LogP contribution in [0.2, 0.25) is 0 Å². The van der Waals surface area contributed by atoms with E-state index in [1.165, 1.54) is 11.8 Å². The van der Waals surface area contributed by atoms with E-state index in [-0.39, 0.29) is 5.57 Å². The van der Waals surface area contributed by atoms with E-state index in [0.29, 0.717) is 35.9 Å². The number of allylic oxidation sites excluding steroid dienone is 3. The van der Waals surface area contributed by atoms with E-state index in [4.69, 9.17) is 9.47 Å². The molecule has 32 heavy (non-hydrogen) atoms. The van der Waals surface area contributed by atoms with Crippen molar-refractivity contribution >= 4 is 23.6 Å². The second kappa shape index (κ2) is 11.8. The van der Waals surface area contributed by atoms with Crippen LogP contribution in [0.4, 0.5) is 0 Å². The zero-order chi connectivity index (χ0) is 22.8. The Morgan fingerprint density at radius 1 is 1.22 bits per heavy atom. The Labute approximate surface area is 190 Å². The Bertz CT molecular complexity index is 1020. The Hall–Kier alpha value is -3.52. The molecule has 0 saturated carbocycles. The summed E-state index contributed by atoms with van der Waals surface area (Å²) in [6.07, 6.45) is 10.9. The number of ether oxygens (including phenoxy) is 2. The van der Waals surface area contributed by atoms with Gasteiger partial charge in [-0.25, -0.2) is 4.79 Å². The van der Waals surface area contributed by atoms with Crippen LogP contribution in [0, 0.1) is 0 Å². The zero-order valence-corrected chi connectivity index (χ0v) is 18.4. The summed E-state index contributed by atoms with van der Waals surface area (Å²) in [6.45, 7) is 0. The number of para-hydroxylation sites is 1. The summed E-state index contributed by atoms with van der Waals surface area (Å²) in [6, 6.07) is 11.7. The molecule has 1 aliphatic rings. The molecule has 0 spiro atoms. The van der Waals surface area contributed by atoms with E-state index < -0.39 is 17.9 Å². The number of thioether (sulfide) groups is 1. The molecule has 1 aromatic heterocycles. The number of carbonyl (C=O) groups excluding carboxylic acids is 1. The number of hydrogen-bond donors (Lipinski definition) is 2. The summed E-state index contributed by atoms with van der Waals surface area (Å²) in [5.41, 5.74) is 1.07. The number of nitrogens with one attached hydrogen (secondary N) is 1. The number of pyridine rings is 1. The van der Waals surface area contributed by atoms with E-state index in [9.17, 15) is 14.7 Å². The fourth-order valence-corrected chi connectivity index (χ4v) is 3.37. The number of hydrogen-bond acceptors (Lipinski definition) is 6. The highest BCUT2D eigenvalue weighted by Crippen LogP contribution is 2.26. The molecular formula is C24H24N2O5S. The van der Waals surface area contributed by atoms with Crippen LogP contribution >= 0.6 is 11.8 Å². The third-order valence-electron chi connectivity index (χ3n) is 4.53. The van der Waals surface area contributed by atoms with Crippen LogP contribution in [-0.4, -0.2) is 40.0 Å². The zero-order valence-electron chi connectivity index (χ0n) is 17.6. The average molecular weight is 453 g/mol. The van der Waals surface area contributed by atoms with Gasteiger partial charge in [-0.05, 0) is 60.8 Å². The van der Waals surface area contributed by atoms with Gasteiger partial charge in [-0.1, -0.05) is 24.3 Å². The van der Waals surface area contributed by atoms with Crippen LogP contribution in [0.5, 0.6) is 11.5 Å². The highest BCUT2D eigenvalue weighted by atomic mass is 32.2. The summed E-state index contributed by atoms with van der Waals surface area (Å²) in [5.74, 6) is 0.526. The van der Waals surface area contributed by atoms with Crippen LogP contribution in [-0.2, 0) is 9.59 Å². The summed E-state index contributed by atoms with van der Waals surface area (Å²) in [5, 5.41) is 12.1. The third kappa shape index (κ3) is 6.75. The number of carbonyl (C=O) groups is 2. The summed E-state index contributed by atoms with van der Waals surface area (Å²) in [7, 11) is 0. The standard InChI is InChI=1S/C24H24N2O5S/c1-32-13-11-21(24(28)29)26-23(27)20-10-9-17(16-30-19-8-5-12-25-15-19)14-22(20)31-18-6-3-2-4-7-18/h2-8,10,12,14-16,21H,9,11,13H2,1H3,(H,26,27)(H,28,29)/t21-/m0/s1. The molecule has 0 radical (unpaired) electrons. The minimum atomic E-state index is -1.07. The van der Waals surface area contributed by atoms with Gasteiger partial charge in [0.05, 0.1) is 18.0 Å². The van der Waals surface area contributed by atoms with Crippen molar-refractivity contribution in [3.8, 4) is 11.5 Å². The lowest BCUT2D eigenvalue weighted by Gasteiger charge is -2.20. The number of carboxylic acids is 1. The highest BCUT2D eigenvalue weighted by Gasteiger charge is 2.26. The SMILES string of the molecule is CSCC[C@H](NC(=O)C1=CCC(=COc2cccnc2)C=C1Oc1ccccc1)C(=O)O. The molecule has 1 atom stereocenters. The van der Waals surface area contributed by atoms with Crippen molar-refractivity contribution in [3.63, 3.8) is 0 Å². The van der Waals surface area contributed by atoms with Crippen LogP contribution in [0.1, 0.15) is 12.8 Å². The van der Waals surface area contributed by atoms with Gasteiger partial charge in [0.25, 0.3) is 5.91 Å². The van der Waals surface area contributed by atoms with Crippen LogP contribution in [0.25, 0.3) is 0 Å². The van der Waals surface area contributed by atoms with Crippen molar-refractivity contribution in [3.05, 3.63) is 90.2 Å². The van der Waals surface area contributed by atoms with E-state index in [1.54, 1.807) is 55.1 Å². The smallest absolute Gasteiger partial charge is 0.326 e. The van der Waals surface area contributed by atoms with Gasteiger partial charge in [0.2, 0.25) is 0 Å². The Balaban J connectivity index is 1.80. The quantitative estimate of drug-likeness (QED) is 0.527. The average Bonchev–Trinajstić information content (AvgIpc) is 2.81. The molecular weight excluding hydrogens is 428 g/mol. The summed E-state index contributed by atoms with van der Waals surface area (Å²) in [4.78, 5) is 28.5. The van der Waals surface area contributed by atoms with Gasteiger partial charge in [-0.3, -0.25) is 9.78 Å². The predicted molar refractivity (Wildman–Crippen MR) is 123 cm³/mol. The number of nitrogens with zero attached hydrogens (tertiary/aromatic N) is 1. The summed E-state index contributed by atoms with van der Waals surface area (Å²) < 4.78 is 11.6. The molecule has 1 amide bonds. The maximum absolute atomic E-state index is 12.9. The molecule has 0 unspecified atom stereocenters. The lowest BCUT2D eigenvalue weighted by molar-refractivity contribution is -0.141. The first-order valence-electron chi connectivity index (χ1n) is 10.0. The number of aliphatic carboxylic acids is 1. The van der Waals surface area contributed by atoms with Crippen molar-refractivity contribution < 1.29 is 24.2 Å². The van der Waals surface area contributed by atoms with Crippen molar-refractivity contribution in [2.75, 3.05) is 12.0 Å². The first-order chi connectivity index (χ1) is 15.6. The largest absolute Gasteiger partial charge is 0.480 e. The topological polar surface area (TPSA) is 97.8 Å². The molecule has 7 nitrogen and oxygen atoms in total. The van der Waals surface area contributed by atoms with Gasteiger partial charge in [-0.15, -0.1) is 0 Å². The molecule has 0 saturated heterocycles. The van der Waals surface area contributed by atoms with Gasteiger partial charge in [0.1, 0.15) is 23.3 Å². The molecule has 8 heteroatoms. The minimum Gasteiger partial charge on any atom is -0.480 e. The monoisotopic (exact) mass is 452 g/mol. The second-order valence-electron chi connectivity index (χ2n) is 6.89. The van der Waals surface area contributed by atoms with Gasteiger partial charge in [0.15, 0.2) is 0 Å². The van der Waals surface area contributed by atoms with Gasteiger partial charge >= 0.3 is 5.97 Å². The van der Waals surface area contributed by atoms with Crippen LogP contribution in [0.15, 0.2) is 90.2 Å².